The smallest absolute Gasteiger partial charge is 0.311 e. The Morgan fingerprint density at radius 1 is 1.32 bits per heavy atom. The van der Waals surface area contributed by atoms with Crippen LogP contribution < -0.4 is 4.90 Å². The van der Waals surface area contributed by atoms with Crippen LogP contribution in [-0.4, -0.2) is 26.1 Å². The first kappa shape index (κ1) is 15.0. The van der Waals surface area contributed by atoms with E-state index in [0.29, 0.717) is 18.8 Å². The number of nitrogens with zero attached hydrogens (tertiary/aromatic N) is 2. The number of nitro benzene ring substituents is 1. The van der Waals surface area contributed by atoms with Crippen LogP contribution in [0.4, 0.5) is 11.4 Å². The van der Waals surface area contributed by atoms with Gasteiger partial charge in [-0.3, -0.25) is 10.1 Å². The highest BCUT2D eigenvalue weighted by atomic mass is 32.2. The third-order valence-corrected chi connectivity index (χ3v) is 5.86. The maximum Gasteiger partial charge on any atom is 0.311 e. The molecule has 1 aliphatic heterocycles. The first-order chi connectivity index (χ1) is 10.4. The normalized spacial score (nSPS) is 14.7. The van der Waals surface area contributed by atoms with Crippen LogP contribution in [0.15, 0.2) is 34.5 Å². The number of thiophene rings is 1. The monoisotopic (exact) mass is 338 g/mol. The Morgan fingerprint density at radius 2 is 2.09 bits per heavy atom. The molecule has 2 aromatic rings. The highest BCUT2D eigenvalue weighted by Crippen LogP contribution is 2.37. The van der Waals surface area contributed by atoms with Crippen molar-refractivity contribution in [1.29, 1.82) is 0 Å². The Labute approximate surface area is 132 Å². The minimum absolute atomic E-state index is 0.230. The van der Waals surface area contributed by atoms with Crippen molar-refractivity contribution in [2.75, 3.05) is 17.7 Å². The molecular weight excluding hydrogens is 324 g/mol. The number of nitro groups is 1. The summed E-state index contributed by atoms with van der Waals surface area (Å²) in [5.74, 6) is 0. The summed E-state index contributed by atoms with van der Waals surface area (Å²) in [5.41, 5.74) is 1.18. The molecule has 0 saturated heterocycles. The van der Waals surface area contributed by atoms with Crippen LogP contribution in [0.3, 0.4) is 0 Å². The molecule has 0 amide bonds. The first-order valence-corrected chi connectivity index (χ1v) is 9.42. The fraction of sp³-hybridized carbons (Fsp3) is 0.286. The molecule has 0 atom stereocenters. The molecule has 0 fully saturated rings. The second-order valence-electron chi connectivity index (χ2n) is 5.19. The summed E-state index contributed by atoms with van der Waals surface area (Å²) in [6.07, 6.45) is 1.81. The summed E-state index contributed by atoms with van der Waals surface area (Å²) in [4.78, 5) is 13.8. The van der Waals surface area contributed by atoms with Crippen molar-refractivity contribution in [3.05, 3.63) is 50.2 Å². The highest BCUT2D eigenvalue weighted by molar-refractivity contribution is 7.90. The molecule has 1 aromatic carbocycles. The lowest BCUT2D eigenvalue weighted by Gasteiger charge is -2.28. The van der Waals surface area contributed by atoms with Crippen molar-refractivity contribution >= 4 is 32.5 Å². The van der Waals surface area contributed by atoms with Crippen LogP contribution in [0, 0.1) is 10.1 Å². The van der Waals surface area contributed by atoms with E-state index in [1.54, 1.807) is 23.5 Å². The van der Waals surface area contributed by atoms with Crippen LogP contribution in [0.1, 0.15) is 10.4 Å². The zero-order valence-corrected chi connectivity index (χ0v) is 13.5. The molecular formula is C14H14N2O4S2. The second kappa shape index (κ2) is 5.36. The van der Waals surface area contributed by atoms with E-state index in [-0.39, 0.29) is 10.6 Å². The molecule has 0 aliphatic carbocycles. The lowest BCUT2D eigenvalue weighted by atomic mass is 10.1. The van der Waals surface area contributed by atoms with Gasteiger partial charge in [0.05, 0.1) is 4.92 Å². The molecule has 2 heterocycles. The molecule has 1 aromatic heterocycles. The number of benzene rings is 1. The Hall–Kier alpha value is -1.93. The molecule has 0 bridgehead atoms. The summed E-state index contributed by atoms with van der Waals surface area (Å²) in [6.45, 7) is 1.20. The van der Waals surface area contributed by atoms with Gasteiger partial charge in [0.1, 0.15) is 10.6 Å². The van der Waals surface area contributed by atoms with E-state index < -0.39 is 14.8 Å². The summed E-state index contributed by atoms with van der Waals surface area (Å²) < 4.78 is 23.7. The van der Waals surface area contributed by atoms with Gasteiger partial charge in [-0.1, -0.05) is 6.07 Å². The van der Waals surface area contributed by atoms with E-state index >= 15 is 0 Å². The standard InChI is InChI=1S/C14H14N2O4S2/c1-22(19,20)13-4-2-3-11(14(13)16(17)18)15-7-5-12-10(9-15)6-8-21-12/h2-4,6,8H,5,7,9H2,1H3. The van der Waals surface area contributed by atoms with Gasteiger partial charge in [-0.15, -0.1) is 11.3 Å². The van der Waals surface area contributed by atoms with E-state index in [1.165, 1.54) is 10.9 Å². The van der Waals surface area contributed by atoms with Crippen molar-refractivity contribution in [3.63, 3.8) is 0 Å². The molecule has 0 N–H and O–H groups in total. The van der Waals surface area contributed by atoms with Gasteiger partial charge in [-0.25, -0.2) is 8.42 Å². The van der Waals surface area contributed by atoms with Gasteiger partial charge < -0.3 is 4.90 Å². The van der Waals surface area contributed by atoms with Crippen LogP contribution in [0.2, 0.25) is 0 Å². The SMILES string of the molecule is CS(=O)(=O)c1cccc(N2CCc3sccc3C2)c1[N+](=O)[O-]. The van der Waals surface area contributed by atoms with E-state index in [9.17, 15) is 18.5 Å². The van der Waals surface area contributed by atoms with Crippen molar-refractivity contribution in [2.24, 2.45) is 0 Å². The zero-order chi connectivity index (χ0) is 15.9. The Bertz CT molecular complexity index is 842. The number of hydrogen-bond donors (Lipinski definition) is 0. The minimum Gasteiger partial charge on any atom is -0.361 e. The van der Waals surface area contributed by atoms with Crippen molar-refractivity contribution in [1.82, 2.24) is 0 Å². The lowest BCUT2D eigenvalue weighted by molar-refractivity contribution is -0.387. The largest absolute Gasteiger partial charge is 0.361 e. The average Bonchev–Trinajstić information content (AvgIpc) is 2.92. The summed E-state index contributed by atoms with van der Waals surface area (Å²) >= 11 is 1.68. The van der Waals surface area contributed by atoms with Crippen molar-refractivity contribution in [2.45, 2.75) is 17.9 Å². The topological polar surface area (TPSA) is 80.5 Å². The maximum absolute atomic E-state index is 11.8. The van der Waals surface area contributed by atoms with Crippen LogP contribution in [-0.2, 0) is 22.8 Å². The third-order valence-electron chi connectivity index (χ3n) is 3.71. The molecule has 1 aliphatic rings. The molecule has 0 unspecified atom stereocenters. The van der Waals surface area contributed by atoms with Gasteiger partial charge in [0.25, 0.3) is 0 Å². The van der Waals surface area contributed by atoms with Crippen LogP contribution in [0.25, 0.3) is 0 Å². The highest BCUT2D eigenvalue weighted by Gasteiger charge is 2.30. The van der Waals surface area contributed by atoms with Crippen LogP contribution in [0.5, 0.6) is 0 Å². The van der Waals surface area contributed by atoms with Gasteiger partial charge in [0.2, 0.25) is 0 Å². The fourth-order valence-electron chi connectivity index (χ4n) is 2.70. The number of fused-ring (bicyclic) bond motifs is 1. The van der Waals surface area contributed by atoms with E-state index in [4.69, 9.17) is 0 Å². The lowest BCUT2D eigenvalue weighted by Crippen LogP contribution is -2.30. The Balaban J connectivity index is 2.10. The second-order valence-corrected chi connectivity index (χ2v) is 8.18. The number of hydrogen-bond acceptors (Lipinski definition) is 6. The van der Waals surface area contributed by atoms with Gasteiger partial charge in [-0.2, -0.15) is 0 Å². The maximum atomic E-state index is 11.8. The molecule has 0 radical (unpaired) electrons. The fourth-order valence-corrected chi connectivity index (χ4v) is 4.45. The molecule has 3 rings (SSSR count). The predicted octanol–water partition coefficient (Wildman–Crippen LogP) is 2.62. The van der Waals surface area contributed by atoms with Crippen LogP contribution >= 0.6 is 11.3 Å². The number of rotatable bonds is 3. The summed E-state index contributed by atoms with van der Waals surface area (Å²) in [5, 5.41) is 13.5. The number of sulfone groups is 1. The first-order valence-electron chi connectivity index (χ1n) is 6.65. The van der Waals surface area contributed by atoms with Crippen molar-refractivity contribution in [3.8, 4) is 0 Å². The minimum atomic E-state index is -3.66. The Kier molecular flexibility index (Phi) is 3.65. The van der Waals surface area contributed by atoms with Gasteiger partial charge >= 0.3 is 5.69 Å². The summed E-state index contributed by atoms with van der Waals surface area (Å²) in [7, 11) is -3.66. The molecule has 6 nitrogen and oxygen atoms in total. The van der Waals surface area contributed by atoms with Gasteiger partial charge in [0.15, 0.2) is 9.84 Å². The van der Waals surface area contributed by atoms with Crippen molar-refractivity contribution < 1.29 is 13.3 Å². The third kappa shape index (κ3) is 2.59. The summed E-state index contributed by atoms with van der Waals surface area (Å²) in [6, 6.07) is 6.47. The van der Waals surface area contributed by atoms with Gasteiger partial charge in [-0.05, 0) is 35.6 Å². The van der Waals surface area contributed by atoms with E-state index in [2.05, 4.69) is 0 Å². The molecule has 0 saturated carbocycles. The Morgan fingerprint density at radius 3 is 2.77 bits per heavy atom. The quantitative estimate of drug-likeness (QED) is 0.635. The van der Waals surface area contributed by atoms with E-state index in [1.807, 2.05) is 16.3 Å². The number of para-hydroxylation sites is 1. The molecule has 0 spiro atoms. The zero-order valence-electron chi connectivity index (χ0n) is 11.9. The van der Waals surface area contributed by atoms with Gasteiger partial charge in [0, 0.05) is 24.2 Å². The average molecular weight is 338 g/mol. The van der Waals surface area contributed by atoms with E-state index in [0.717, 1.165) is 18.2 Å². The molecule has 8 heteroatoms. The predicted molar refractivity (Wildman–Crippen MR) is 85.3 cm³/mol. The molecule has 116 valence electrons. The molecule has 22 heavy (non-hydrogen) atoms. The number of anilines is 1.